The maximum absolute atomic E-state index is 5.41. The van der Waals surface area contributed by atoms with E-state index in [2.05, 4.69) is 40.4 Å². The Hall–Kier alpha value is -2.18. The minimum absolute atomic E-state index is 0.166. The van der Waals surface area contributed by atoms with Crippen molar-refractivity contribution in [3.63, 3.8) is 0 Å². The molecular formula is C18H24N4O2. The van der Waals surface area contributed by atoms with Gasteiger partial charge in [-0.05, 0) is 32.0 Å². The van der Waals surface area contributed by atoms with Crippen molar-refractivity contribution in [1.29, 1.82) is 0 Å². The van der Waals surface area contributed by atoms with Gasteiger partial charge in [0.15, 0.2) is 5.82 Å². The van der Waals surface area contributed by atoms with E-state index < -0.39 is 0 Å². The number of benzene rings is 1. The van der Waals surface area contributed by atoms with Crippen LogP contribution in [0, 0.1) is 0 Å². The van der Waals surface area contributed by atoms with Crippen molar-refractivity contribution in [1.82, 2.24) is 20.4 Å². The lowest BCUT2D eigenvalue weighted by Crippen LogP contribution is -2.44. The van der Waals surface area contributed by atoms with Crippen molar-refractivity contribution < 1.29 is 9.26 Å². The number of nitrogens with zero attached hydrogens (tertiary/aromatic N) is 3. The van der Waals surface area contributed by atoms with Crippen LogP contribution in [0.1, 0.15) is 30.2 Å². The van der Waals surface area contributed by atoms with Crippen LogP contribution in [0.4, 0.5) is 0 Å². The average molecular weight is 328 g/mol. The first-order chi connectivity index (χ1) is 11.7. The zero-order chi connectivity index (χ0) is 16.9. The Kier molecular flexibility index (Phi) is 5.27. The smallest absolute Gasteiger partial charge is 0.250 e. The number of hydrogen-bond acceptors (Lipinski definition) is 6. The molecule has 0 spiro atoms. The Morgan fingerprint density at radius 3 is 3.08 bits per heavy atom. The van der Waals surface area contributed by atoms with Crippen molar-refractivity contribution in [2.24, 2.45) is 0 Å². The van der Waals surface area contributed by atoms with E-state index in [1.54, 1.807) is 7.11 Å². The standard InChI is InChI=1S/C18H24N4O2/c1-13(10-14-6-4-5-7-16(14)23-3)11-17-20-18(21-24-17)15-12-19-8-9-22(15)2/h4-7,11,15,19H,8-10,12H2,1-3H3/b13-11+. The first kappa shape index (κ1) is 16.7. The Balaban J connectivity index is 1.72. The lowest BCUT2D eigenvalue weighted by Gasteiger charge is -2.30. The molecule has 1 aliphatic heterocycles. The molecule has 3 rings (SSSR count). The third kappa shape index (κ3) is 3.83. The summed E-state index contributed by atoms with van der Waals surface area (Å²) in [6.45, 7) is 4.89. The molecule has 24 heavy (non-hydrogen) atoms. The molecule has 6 nitrogen and oxygen atoms in total. The van der Waals surface area contributed by atoms with E-state index >= 15 is 0 Å². The molecular weight excluding hydrogens is 304 g/mol. The van der Waals surface area contributed by atoms with E-state index in [0.29, 0.717) is 5.89 Å². The molecule has 1 aliphatic rings. The third-order valence-electron chi connectivity index (χ3n) is 4.30. The maximum atomic E-state index is 5.41. The molecule has 0 amide bonds. The van der Waals surface area contributed by atoms with Gasteiger partial charge in [-0.25, -0.2) is 0 Å². The van der Waals surface area contributed by atoms with E-state index in [-0.39, 0.29) is 6.04 Å². The molecule has 6 heteroatoms. The normalized spacial score (nSPS) is 19.5. The van der Waals surface area contributed by atoms with Crippen LogP contribution in [0.3, 0.4) is 0 Å². The van der Waals surface area contributed by atoms with E-state index in [9.17, 15) is 0 Å². The summed E-state index contributed by atoms with van der Waals surface area (Å²) in [5.41, 5.74) is 2.29. The van der Waals surface area contributed by atoms with Crippen LogP contribution >= 0.6 is 0 Å². The van der Waals surface area contributed by atoms with Crippen LogP contribution < -0.4 is 10.1 Å². The second-order valence-electron chi connectivity index (χ2n) is 6.17. The van der Waals surface area contributed by atoms with Crippen LogP contribution in [0.5, 0.6) is 5.75 Å². The molecule has 128 valence electrons. The van der Waals surface area contributed by atoms with Crippen molar-refractivity contribution in [2.45, 2.75) is 19.4 Å². The Labute approximate surface area is 142 Å². The fourth-order valence-electron chi connectivity index (χ4n) is 2.95. The lowest BCUT2D eigenvalue weighted by atomic mass is 10.1. The van der Waals surface area contributed by atoms with Crippen molar-refractivity contribution in [2.75, 3.05) is 33.8 Å². The van der Waals surface area contributed by atoms with Gasteiger partial charge in [0.1, 0.15) is 5.75 Å². The molecule has 2 aromatic rings. The monoisotopic (exact) mass is 328 g/mol. The molecule has 1 N–H and O–H groups in total. The van der Waals surface area contributed by atoms with Gasteiger partial charge in [0.2, 0.25) is 0 Å². The van der Waals surface area contributed by atoms with E-state index in [1.807, 2.05) is 24.3 Å². The number of methoxy groups -OCH3 is 1. The Morgan fingerprint density at radius 2 is 2.29 bits per heavy atom. The van der Waals surface area contributed by atoms with E-state index in [4.69, 9.17) is 9.26 Å². The topological polar surface area (TPSA) is 63.4 Å². The summed E-state index contributed by atoms with van der Waals surface area (Å²) in [5.74, 6) is 2.18. The van der Waals surface area contributed by atoms with Gasteiger partial charge in [0.25, 0.3) is 5.89 Å². The van der Waals surface area contributed by atoms with Crippen LogP contribution in [0.25, 0.3) is 6.08 Å². The molecule has 1 aromatic carbocycles. The molecule has 0 radical (unpaired) electrons. The molecule has 2 heterocycles. The van der Waals surface area contributed by atoms with Gasteiger partial charge in [-0.3, -0.25) is 4.90 Å². The highest BCUT2D eigenvalue weighted by Gasteiger charge is 2.24. The minimum Gasteiger partial charge on any atom is -0.496 e. The number of para-hydroxylation sites is 1. The fourth-order valence-corrected chi connectivity index (χ4v) is 2.95. The summed E-state index contributed by atoms with van der Waals surface area (Å²) in [4.78, 5) is 6.79. The molecule has 0 saturated carbocycles. The number of aromatic nitrogens is 2. The van der Waals surface area contributed by atoms with Gasteiger partial charge in [0.05, 0.1) is 13.2 Å². The highest BCUT2D eigenvalue weighted by molar-refractivity contribution is 5.46. The zero-order valence-corrected chi connectivity index (χ0v) is 14.5. The summed E-state index contributed by atoms with van der Waals surface area (Å²) in [6, 6.07) is 8.19. The lowest BCUT2D eigenvalue weighted by molar-refractivity contribution is 0.190. The van der Waals surface area contributed by atoms with Crippen molar-refractivity contribution >= 4 is 6.08 Å². The first-order valence-corrected chi connectivity index (χ1v) is 8.21. The van der Waals surface area contributed by atoms with Crippen LogP contribution in [0.2, 0.25) is 0 Å². The number of allylic oxidation sites excluding steroid dienone is 1. The number of piperazine rings is 1. The Morgan fingerprint density at radius 1 is 1.46 bits per heavy atom. The summed E-state index contributed by atoms with van der Waals surface area (Å²) in [5, 5.41) is 7.51. The highest BCUT2D eigenvalue weighted by Crippen LogP contribution is 2.22. The number of rotatable bonds is 5. The highest BCUT2D eigenvalue weighted by atomic mass is 16.5. The first-order valence-electron chi connectivity index (χ1n) is 8.21. The molecule has 1 aromatic heterocycles. The summed E-state index contributed by atoms with van der Waals surface area (Å²) in [6.07, 6.45) is 2.73. The second kappa shape index (κ2) is 7.59. The van der Waals surface area contributed by atoms with Gasteiger partial charge in [-0.1, -0.05) is 28.9 Å². The molecule has 1 fully saturated rings. The van der Waals surface area contributed by atoms with Crippen LogP contribution in [0.15, 0.2) is 34.4 Å². The quantitative estimate of drug-likeness (QED) is 0.909. The molecule has 1 unspecified atom stereocenters. The van der Waals surface area contributed by atoms with E-state index in [0.717, 1.165) is 48.8 Å². The zero-order valence-electron chi connectivity index (χ0n) is 14.5. The van der Waals surface area contributed by atoms with Gasteiger partial charge in [-0.2, -0.15) is 4.98 Å². The number of ether oxygens (including phenoxy) is 1. The average Bonchev–Trinajstić information content (AvgIpc) is 3.04. The largest absolute Gasteiger partial charge is 0.496 e. The number of likely N-dealkylation sites (N-methyl/N-ethyl adjacent to an activating group) is 1. The van der Waals surface area contributed by atoms with Crippen LogP contribution in [-0.2, 0) is 6.42 Å². The third-order valence-corrected chi connectivity index (χ3v) is 4.30. The van der Waals surface area contributed by atoms with Crippen molar-refractivity contribution in [3.8, 4) is 5.75 Å². The van der Waals surface area contributed by atoms with Gasteiger partial charge in [0, 0.05) is 25.7 Å². The minimum atomic E-state index is 0.166. The summed E-state index contributed by atoms with van der Waals surface area (Å²) in [7, 11) is 3.78. The fraction of sp³-hybridized carbons (Fsp3) is 0.444. The van der Waals surface area contributed by atoms with Crippen LogP contribution in [-0.4, -0.2) is 48.8 Å². The molecule has 0 bridgehead atoms. The summed E-state index contributed by atoms with van der Waals surface area (Å²) < 4.78 is 10.8. The second-order valence-corrected chi connectivity index (χ2v) is 6.17. The molecule has 1 saturated heterocycles. The summed E-state index contributed by atoms with van der Waals surface area (Å²) >= 11 is 0. The van der Waals surface area contributed by atoms with Crippen molar-refractivity contribution in [3.05, 3.63) is 47.1 Å². The van der Waals surface area contributed by atoms with E-state index in [1.165, 1.54) is 0 Å². The number of hydrogen-bond donors (Lipinski definition) is 1. The molecule has 0 aliphatic carbocycles. The maximum Gasteiger partial charge on any atom is 0.250 e. The SMILES string of the molecule is COc1ccccc1C/C(C)=C/c1nc(C2CNCCN2C)no1. The predicted molar refractivity (Wildman–Crippen MR) is 92.9 cm³/mol. The predicted octanol–water partition coefficient (Wildman–Crippen LogP) is 2.30. The molecule has 1 atom stereocenters. The van der Waals surface area contributed by atoms with Gasteiger partial charge >= 0.3 is 0 Å². The van der Waals surface area contributed by atoms with Gasteiger partial charge < -0.3 is 14.6 Å². The number of nitrogens with one attached hydrogen (secondary N) is 1. The van der Waals surface area contributed by atoms with Gasteiger partial charge in [-0.15, -0.1) is 0 Å². The Bertz CT molecular complexity index is 711.